The lowest BCUT2D eigenvalue weighted by Gasteiger charge is -2.26. The molecule has 0 aliphatic heterocycles. The third-order valence-electron chi connectivity index (χ3n) is 13.2. The van der Waals surface area contributed by atoms with Crippen LogP contribution >= 0.6 is 0 Å². The summed E-state index contributed by atoms with van der Waals surface area (Å²) < 4.78 is 9.18. The average Bonchev–Trinajstić information content (AvgIpc) is 3.94. The summed E-state index contributed by atoms with van der Waals surface area (Å²) in [6.07, 6.45) is 0. The Labute approximate surface area is 376 Å². The van der Waals surface area contributed by atoms with Gasteiger partial charge in [-0.05, 0) is 116 Å². The monoisotopic (exact) mass is 828 g/mol. The summed E-state index contributed by atoms with van der Waals surface area (Å²) >= 11 is 0. The maximum Gasteiger partial charge on any atom is 0.159 e. The number of benzene rings is 11. The van der Waals surface area contributed by atoms with Crippen LogP contribution in [0, 0.1) is 0 Å². The van der Waals surface area contributed by atoms with Crippen LogP contribution in [0.4, 0.5) is 17.1 Å². The molecule has 11 aromatic carbocycles. The maximum absolute atomic E-state index is 6.81. The van der Waals surface area contributed by atoms with Crippen molar-refractivity contribution in [3.8, 4) is 39.1 Å². The second-order valence-corrected chi connectivity index (χ2v) is 16.9. The Morgan fingerprint density at radius 1 is 0.323 bits per heavy atom. The molecular weight excluding hydrogens is 789 g/mol. The molecule has 0 atom stereocenters. The van der Waals surface area contributed by atoms with Crippen LogP contribution in [0.3, 0.4) is 0 Å². The van der Waals surface area contributed by atoms with Gasteiger partial charge in [0.05, 0.1) is 16.7 Å². The minimum Gasteiger partial charge on any atom is -0.454 e. The van der Waals surface area contributed by atoms with E-state index < -0.39 is 0 Å². The lowest BCUT2D eigenvalue weighted by Crippen LogP contribution is -2.10. The van der Waals surface area contributed by atoms with Gasteiger partial charge in [0, 0.05) is 38.6 Å². The Bertz CT molecular complexity index is 3860. The van der Waals surface area contributed by atoms with E-state index in [4.69, 9.17) is 4.42 Å². The van der Waals surface area contributed by atoms with Crippen molar-refractivity contribution in [1.82, 2.24) is 4.57 Å². The van der Waals surface area contributed by atoms with E-state index in [1.165, 1.54) is 71.2 Å². The lowest BCUT2D eigenvalue weighted by molar-refractivity contribution is 0.669. The van der Waals surface area contributed by atoms with Gasteiger partial charge >= 0.3 is 0 Å². The standard InChI is InChI=1S/C62H40N2O/c1-3-14-51-45(11-1)13-9-18-52(51)47-31-38-49(39-32-47)63(59-22-10-19-56-61-53-15-4-2-12-46(53)33-40-60(61)65-62(56)59)48-34-27-43(28-35-48)41-23-25-42(26-24-41)44-29-36-50(37-30-44)64-57-20-7-5-16-54(57)55-17-6-8-21-58(55)64/h1-40H. The molecule has 0 amide bonds. The molecule has 13 rings (SSSR count). The Morgan fingerprint density at radius 3 is 1.42 bits per heavy atom. The van der Waals surface area contributed by atoms with E-state index in [1.807, 2.05) is 0 Å². The number of hydrogen-bond acceptors (Lipinski definition) is 2. The number of rotatable bonds is 7. The van der Waals surface area contributed by atoms with Crippen molar-refractivity contribution in [3.05, 3.63) is 243 Å². The normalized spacial score (nSPS) is 11.7. The van der Waals surface area contributed by atoms with Crippen LogP contribution in [-0.2, 0) is 0 Å². The van der Waals surface area contributed by atoms with E-state index in [1.54, 1.807) is 0 Å². The highest BCUT2D eigenvalue weighted by atomic mass is 16.3. The van der Waals surface area contributed by atoms with Gasteiger partial charge in [0.2, 0.25) is 0 Å². The highest BCUT2D eigenvalue weighted by molar-refractivity contribution is 6.21. The summed E-state index contributed by atoms with van der Waals surface area (Å²) in [5.41, 5.74) is 15.5. The topological polar surface area (TPSA) is 21.3 Å². The molecule has 65 heavy (non-hydrogen) atoms. The lowest BCUT2D eigenvalue weighted by atomic mass is 9.98. The summed E-state index contributed by atoms with van der Waals surface area (Å²) in [5.74, 6) is 0. The number of para-hydroxylation sites is 3. The van der Waals surface area contributed by atoms with Crippen molar-refractivity contribution in [2.45, 2.75) is 0 Å². The number of furan rings is 1. The van der Waals surface area contributed by atoms with Crippen LogP contribution in [-0.4, -0.2) is 4.57 Å². The summed E-state index contributed by atoms with van der Waals surface area (Å²) in [7, 11) is 0. The molecule has 3 nitrogen and oxygen atoms in total. The molecule has 0 fully saturated rings. The fourth-order valence-electron chi connectivity index (χ4n) is 10.1. The van der Waals surface area contributed by atoms with Gasteiger partial charge in [-0.1, -0.05) is 182 Å². The third-order valence-corrected chi connectivity index (χ3v) is 13.2. The zero-order valence-corrected chi connectivity index (χ0v) is 35.4. The van der Waals surface area contributed by atoms with Crippen molar-refractivity contribution < 1.29 is 4.42 Å². The minimum atomic E-state index is 0.861. The zero-order valence-electron chi connectivity index (χ0n) is 35.4. The molecule has 3 heteroatoms. The third kappa shape index (κ3) is 6.12. The molecule has 0 radical (unpaired) electrons. The van der Waals surface area contributed by atoms with Crippen LogP contribution in [0.15, 0.2) is 247 Å². The van der Waals surface area contributed by atoms with E-state index >= 15 is 0 Å². The number of fused-ring (bicyclic) bond motifs is 9. The largest absolute Gasteiger partial charge is 0.454 e. The van der Waals surface area contributed by atoms with Crippen molar-refractivity contribution >= 4 is 82.4 Å². The Morgan fingerprint density at radius 2 is 0.785 bits per heavy atom. The molecule has 0 spiro atoms. The fourth-order valence-corrected chi connectivity index (χ4v) is 10.1. The Hall–Kier alpha value is -8.66. The molecule has 304 valence electrons. The molecule has 0 aliphatic rings. The van der Waals surface area contributed by atoms with Gasteiger partial charge in [-0.25, -0.2) is 0 Å². The van der Waals surface area contributed by atoms with Crippen LogP contribution in [0.25, 0.3) is 104 Å². The number of hydrogen-bond donors (Lipinski definition) is 0. The van der Waals surface area contributed by atoms with E-state index in [-0.39, 0.29) is 0 Å². The first-order valence-corrected chi connectivity index (χ1v) is 22.2. The van der Waals surface area contributed by atoms with Crippen LogP contribution in [0.5, 0.6) is 0 Å². The number of aromatic nitrogens is 1. The molecule has 0 saturated carbocycles. The van der Waals surface area contributed by atoms with Crippen molar-refractivity contribution in [1.29, 1.82) is 0 Å². The van der Waals surface area contributed by atoms with Gasteiger partial charge in [0.25, 0.3) is 0 Å². The van der Waals surface area contributed by atoms with Crippen LogP contribution in [0.1, 0.15) is 0 Å². The van der Waals surface area contributed by atoms with E-state index in [0.29, 0.717) is 0 Å². The predicted molar refractivity (Wildman–Crippen MR) is 274 cm³/mol. The number of anilines is 3. The van der Waals surface area contributed by atoms with Crippen LogP contribution in [0.2, 0.25) is 0 Å². The summed E-state index contributed by atoms with van der Waals surface area (Å²) in [6.45, 7) is 0. The van der Waals surface area contributed by atoms with Gasteiger partial charge in [-0.2, -0.15) is 0 Å². The van der Waals surface area contributed by atoms with Gasteiger partial charge in [0.1, 0.15) is 5.58 Å². The highest BCUT2D eigenvalue weighted by Crippen LogP contribution is 2.45. The van der Waals surface area contributed by atoms with Crippen molar-refractivity contribution in [2.75, 3.05) is 4.90 Å². The molecule has 0 unspecified atom stereocenters. The van der Waals surface area contributed by atoms with E-state index in [2.05, 4.69) is 252 Å². The van der Waals surface area contributed by atoms with E-state index in [0.717, 1.165) is 50.3 Å². The molecule has 0 saturated heterocycles. The SMILES string of the molecule is c1ccc2c(-c3ccc(N(c4ccc(-c5ccc(-c6ccc(-n7c8ccccc8c8ccccc87)cc6)cc5)cc4)c4cccc5c4oc4ccc6ccccc6c45)cc3)cccc2c1. The average molecular weight is 829 g/mol. The highest BCUT2D eigenvalue weighted by Gasteiger charge is 2.21. The smallest absolute Gasteiger partial charge is 0.159 e. The minimum absolute atomic E-state index is 0.861. The molecule has 0 bridgehead atoms. The van der Waals surface area contributed by atoms with Crippen molar-refractivity contribution in [3.63, 3.8) is 0 Å². The molecule has 0 N–H and O–H groups in total. The summed E-state index contributed by atoms with van der Waals surface area (Å²) in [5, 5.41) is 9.66. The molecule has 2 heterocycles. The van der Waals surface area contributed by atoms with E-state index in [9.17, 15) is 0 Å². The summed E-state index contributed by atoms with van der Waals surface area (Å²) in [6, 6.07) is 87.5. The van der Waals surface area contributed by atoms with Crippen molar-refractivity contribution in [2.24, 2.45) is 0 Å². The Balaban J connectivity index is 0.855. The first-order valence-electron chi connectivity index (χ1n) is 22.2. The van der Waals surface area contributed by atoms with Crippen LogP contribution < -0.4 is 4.90 Å². The second kappa shape index (κ2) is 15.0. The predicted octanol–water partition coefficient (Wildman–Crippen LogP) is 17.5. The zero-order chi connectivity index (χ0) is 42.8. The molecule has 0 aliphatic carbocycles. The quantitative estimate of drug-likeness (QED) is 0.160. The first-order chi connectivity index (χ1) is 32.2. The van der Waals surface area contributed by atoms with Gasteiger partial charge in [-0.3, -0.25) is 0 Å². The molecule has 13 aromatic rings. The fraction of sp³-hybridized carbons (Fsp3) is 0. The maximum atomic E-state index is 6.81. The molecular formula is C62H40N2O. The molecule has 2 aromatic heterocycles. The van der Waals surface area contributed by atoms with Gasteiger partial charge < -0.3 is 13.9 Å². The second-order valence-electron chi connectivity index (χ2n) is 16.9. The number of nitrogens with zero attached hydrogens (tertiary/aromatic N) is 2. The summed E-state index contributed by atoms with van der Waals surface area (Å²) in [4.78, 5) is 2.33. The van der Waals surface area contributed by atoms with Gasteiger partial charge in [-0.15, -0.1) is 0 Å². The van der Waals surface area contributed by atoms with Gasteiger partial charge in [0.15, 0.2) is 5.58 Å². The first kappa shape index (κ1) is 36.9. The Kier molecular flexibility index (Phi) is 8.53.